The Morgan fingerprint density at radius 3 is 2.77 bits per heavy atom. The molecule has 3 rings (SSSR count). The van der Waals surface area contributed by atoms with Crippen molar-refractivity contribution in [3.8, 4) is 0 Å². The standard InChI is InChI=1S/C16H13BrN2O2S/c1-19(9-11-6-7-14(17)22-11)16(21)12-8-10-4-2-3-5-13(10)18-15(12)20/h2-8H,9H2,1H3,(H,18,20). The van der Waals surface area contributed by atoms with Crippen LogP contribution in [0.2, 0.25) is 0 Å². The first kappa shape index (κ1) is 15.0. The van der Waals surface area contributed by atoms with Gasteiger partial charge in [-0.15, -0.1) is 11.3 Å². The maximum Gasteiger partial charge on any atom is 0.261 e. The minimum Gasteiger partial charge on any atom is -0.336 e. The minimum atomic E-state index is -0.358. The van der Waals surface area contributed by atoms with Gasteiger partial charge in [-0.1, -0.05) is 18.2 Å². The van der Waals surface area contributed by atoms with Gasteiger partial charge in [-0.05, 0) is 45.6 Å². The molecule has 1 N–H and O–H groups in total. The number of H-pyrrole nitrogens is 1. The van der Waals surface area contributed by atoms with E-state index in [0.717, 1.165) is 19.6 Å². The first-order chi connectivity index (χ1) is 10.5. The molecule has 1 aromatic carbocycles. The van der Waals surface area contributed by atoms with E-state index in [2.05, 4.69) is 20.9 Å². The van der Waals surface area contributed by atoms with Gasteiger partial charge in [0.15, 0.2) is 0 Å². The van der Waals surface area contributed by atoms with Crippen LogP contribution in [-0.2, 0) is 6.54 Å². The second-order valence-corrected chi connectivity index (χ2v) is 7.51. The van der Waals surface area contributed by atoms with Gasteiger partial charge in [0.25, 0.3) is 11.5 Å². The third-order valence-electron chi connectivity index (χ3n) is 3.35. The summed E-state index contributed by atoms with van der Waals surface area (Å²) in [7, 11) is 1.70. The highest BCUT2D eigenvalue weighted by Gasteiger charge is 2.17. The van der Waals surface area contributed by atoms with Gasteiger partial charge in [-0.2, -0.15) is 0 Å². The lowest BCUT2D eigenvalue weighted by Crippen LogP contribution is -2.31. The fourth-order valence-corrected chi connectivity index (χ4v) is 3.79. The van der Waals surface area contributed by atoms with E-state index in [-0.39, 0.29) is 17.0 Å². The SMILES string of the molecule is CN(Cc1ccc(Br)s1)C(=O)c1cc2ccccc2[nH]c1=O. The fourth-order valence-electron chi connectivity index (χ4n) is 2.25. The van der Waals surface area contributed by atoms with Crippen molar-refractivity contribution in [3.63, 3.8) is 0 Å². The average molecular weight is 377 g/mol. The highest BCUT2D eigenvalue weighted by Crippen LogP contribution is 2.23. The van der Waals surface area contributed by atoms with E-state index in [0.29, 0.717) is 6.54 Å². The van der Waals surface area contributed by atoms with Crippen LogP contribution in [-0.4, -0.2) is 22.8 Å². The van der Waals surface area contributed by atoms with Crippen LogP contribution in [0.25, 0.3) is 10.9 Å². The number of aromatic amines is 1. The van der Waals surface area contributed by atoms with E-state index in [9.17, 15) is 9.59 Å². The molecule has 0 bridgehead atoms. The summed E-state index contributed by atoms with van der Waals surface area (Å²) in [6.07, 6.45) is 0. The Morgan fingerprint density at radius 1 is 1.27 bits per heavy atom. The zero-order valence-electron chi connectivity index (χ0n) is 11.8. The number of halogens is 1. The summed E-state index contributed by atoms with van der Waals surface area (Å²) < 4.78 is 1.02. The highest BCUT2D eigenvalue weighted by atomic mass is 79.9. The molecule has 0 radical (unpaired) electrons. The lowest BCUT2D eigenvalue weighted by molar-refractivity contribution is 0.0785. The first-order valence-corrected chi connectivity index (χ1v) is 8.27. The van der Waals surface area contributed by atoms with Crippen molar-refractivity contribution in [1.29, 1.82) is 0 Å². The van der Waals surface area contributed by atoms with Crippen molar-refractivity contribution in [2.24, 2.45) is 0 Å². The van der Waals surface area contributed by atoms with E-state index in [1.165, 1.54) is 0 Å². The maximum atomic E-state index is 12.5. The van der Waals surface area contributed by atoms with E-state index >= 15 is 0 Å². The van der Waals surface area contributed by atoms with Gasteiger partial charge >= 0.3 is 0 Å². The lowest BCUT2D eigenvalue weighted by atomic mass is 10.1. The smallest absolute Gasteiger partial charge is 0.261 e. The molecular formula is C16H13BrN2O2S. The van der Waals surface area contributed by atoms with Crippen LogP contribution in [0.1, 0.15) is 15.2 Å². The molecule has 2 heterocycles. The van der Waals surface area contributed by atoms with Crippen molar-refractivity contribution in [2.45, 2.75) is 6.54 Å². The van der Waals surface area contributed by atoms with E-state index in [1.807, 2.05) is 36.4 Å². The molecule has 0 unspecified atom stereocenters. The van der Waals surface area contributed by atoms with Gasteiger partial charge in [-0.25, -0.2) is 0 Å². The molecule has 0 atom stereocenters. The summed E-state index contributed by atoms with van der Waals surface area (Å²) in [6, 6.07) is 13.0. The van der Waals surface area contributed by atoms with Crippen LogP contribution in [0.15, 0.2) is 51.0 Å². The zero-order valence-corrected chi connectivity index (χ0v) is 14.2. The quantitative estimate of drug-likeness (QED) is 0.758. The Hall–Kier alpha value is -1.92. The largest absolute Gasteiger partial charge is 0.336 e. The number of aromatic nitrogens is 1. The van der Waals surface area contributed by atoms with Crippen LogP contribution in [0.4, 0.5) is 0 Å². The molecule has 6 heteroatoms. The van der Waals surface area contributed by atoms with Gasteiger partial charge in [0, 0.05) is 17.4 Å². The second-order valence-electron chi connectivity index (χ2n) is 4.97. The Bertz CT molecular complexity index is 900. The molecule has 0 saturated carbocycles. The van der Waals surface area contributed by atoms with E-state index in [1.54, 1.807) is 29.4 Å². The molecule has 4 nitrogen and oxygen atoms in total. The van der Waals surface area contributed by atoms with Crippen molar-refractivity contribution in [3.05, 3.63) is 67.0 Å². The Balaban J connectivity index is 1.91. The number of hydrogen-bond acceptors (Lipinski definition) is 3. The lowest BCUT2D eigenvalue weighted by Gasteiger charge is -2.16. The number of benzene rings is 1. The molecule has 0 aliphatic heterocycles. The van der Waals surface area contributed by atoms with Crippen LogP contribution >= 0.6 is 27.3 Å². The third-order valence-corrected chi connectivity index (χ3v) is 4.96. The molecule has 1 amide bonds. The van der Waals surface area contributed by atoms with Crippen molar-refractivity contribution in [2.75, 3.05) is 7.05 Å². The Kier molecular flexibility index (Phi) is 4.13. The molecule has 0 fully saturated rings. The monoisotopic (exact) mass is 376 g/mol. The number of rotatable bonds is 3. The number of pyridine rings is 1. The normalized spacial score (nSPS) is 10.8. The van der Waals surface area contributed by atoms with Crippen LogP contribution in [0, 0.1) is 0 Å². The molecule has 0 aliphatic rings. The molecule has 22 heavy (non-hydrogen) atoms. The summed E-state index contributed by atoms with van der Waals surface area (Å²) in [4.78, 5) is 30.0. The highest BCUT2D eigenvalue weighted by molar-refractivity contribution is 9.11. The summed E-state index contributed by atoms with van der Waals surface area (Å²) >= 11 is 4.98. The second kappa shape index (κ2) is 6.06. The van der Waals surface area contributed by atoms with Crippen LogP contribution in [0.5, 0.6) is 0 Å². The fraction of sp³-hybridized carbons (Fsp3) is 0.125. The van der Waals surface area contributed by atoms with Crippen molar-refractivity contribution in [1.82, 2.24) is 9.88 Å². The van der Waals surface area contributed by atoms with Crippen molar-refractivity contribution < 1.29 is 4.79 Å². The first-order valence-electron chi connectivity index (χ1n) is 6.66. The number of nitrogens with one attached hydrogen (secondary N) is 1. The summed E-state index contributed by atoms with van der Waals surface area (Å²) in [6.45, 7) is 0.474. The molecule has 2 aromatic heterocycles. The number of amides is 1. The van der Waals surface area contributed by atoms with Crippen LogP contribution < -0.4 is 5.56 Å². The molecule has 0 aliphatic carbocycles. The molecular weight excluding hydrogens is 364 g/mol. The number of carbonyl (C=O) groups excluding carboxylic acids is 1. The summed E-state index contributed by atoms with van der Waals surface area (Å²) in [5.41, 5.74) is 0.536. The zero-order chi connectivity index (χ0) is 15.7. The number of fused-ring (bicyclic) bond motifs is 1. The molecule has 0 saturated heterocycles. The van der Waals surface area contributed by atoms with Gasteiger partial charge in [0.05, 0.1) is 10.3 Å². The number of hydrogen-bond donors (Lipinski definition) is 1. The Labute approximate surface area is 139 Å². The number of nitrogens with zero attached hydrogens (tertiary/aromatic N) is 1. The molecule has 3 aromatic rings. The summed E-state index contributed by atoms with van der Waals surface area (Å²) in [5, 5.41) is 0.845. The predicted molar refractivity (Wildman–Crippen MR) is 92.4 cm³/mol. The number of thiophene rings is 1. The van der Waals surface area contributed by atoms with Crippen molar-refractivity contribution >= 4 is 44.1 Å². The maximum absolute atomic E-state index is 12.5. The average Bonchev–Trinajstić information content (AvgIpc) is 2.91. The topological polar surface area (TPSA) is 53.2 Å². The Morgan fingerprint density at radius 2 is 2.05 bits per heavy atom. The number of para-hydroxylation sites is 1. The molecule has 0 spiro atoms. The molecule has 112 valence electrons. The van der Waals surface area contributed by atoms with Gasteiger partial charge in [0.1, 0.15) is 5.56 Å². The minimum absolute atomic E-state index is 0.164. The van der Waals surface area contributed by atoms with E-state index < -0.39 is 0 Å². The van der Waals surface area contributed by atoms with Gasteiger partial charge in [-0.3, -0.25) is 9.59 Å². The van der Waals surface area contributed by atoms with Gasteiger partial charge < -0.3 is 9.88 Å². The van der Waals surface area contributed by atoms with Gasteiger partial charge in [0.2, 0.25) is 0 Å². The predicted octanol–water partition coefficient (Wildman–Crippen LogP) is 3.62. The number of carbonyl (C=O) groups is 1. The van der Waals surface area contributed by atoms with E-state index in [4.69, 9.17) is 0 Å². The summed E-state index contributed by atoms with van der Waals surface area (Å²) in [5.74, 6) is -0.281. The van der Waals surface area contributed by atoms with Crippen LogP contribution in [0.3, 0.4) is 0 Å². The third kappa shape index (κ3) is 2.98.